The molecule has 2 aromatic heterocycles. The SMILES string of the molecule is CNC(=O)CCCCC[C@@H](NC(=O)c1nnc(C)o1)c1ncc(-c2ccc3ccccc3c2)[nH]1. The number of benzene rings is 2. The van der Waals surface area contributed by atoms with Crippen LogP contribution in [0.4, 0.5) is 0 Å². The van der Waals surface area contributed by atoms with E-state index >= 15 is 0 Å². The zero-order valence-electron chi connectivity index (χ0n) is 19.3. The quantitative estimate of drug-likeness (QED) is 0.306. The van der Waals surface area contributed by atoms with Crippen molar-refractivity contribution in [2.45, 2.75) is 45.1 Å². The molecule has 34 heavy (non-hydrogen) atoms. The van der Waals surface area contributed by atoms with E-state index in [1.165, 1.54) is 5.39 Å². The Labute approximate surface area is 197 Å². The molecule has 9 nitrogen and oxygen atoms in total. The summed E-state index contributed by atoms with van der Waals surface area (Å²) in [7, 11) is 1.64. The topological polar surface area (TPSA) is 126 Å². The van der Waals surface area contributed by atoms with Gasteiger partial charge in [-0.3, -0.25) is 9.59 Å². The van der Waals surface area contributed by atoms with Crippen LogP contribution in [0, 0.1) is 6.92 Å². The lowest BCUT2D eigenvalue weighted by atomic mass is 10.1. The molecule has 0 saturated carbocycles. The molecular weight excluding hydrogens is 432 g/mol. The summed E-state index contributed by atoms with van der Waals surface area (Å²) < 4.78 is 5.27. The van der Waals surface area contributed by atoms with Crippen LogP contribution < -0.4 is 10.6 Å². The van der Waals surface area contributed by atoms with Crippen molar-refractivity contribution in [3.8, 4) is 11.3 Å². The molecule has 0 saturated heterocycles. The molecular formula is C25H28N6O3. The van der Waals surface area contributed by atoms with Crippen molar-refractivity contribution >= 4 is 22.6 Å². The monoisotopic (exact) mass is 460 g/mol. The van der Waals surface area contributed by atoms with Crippen molar-refractivity contribution in [2.75, 3.05) is 7.05 Å². The molecule has 0 radical (unpaired) electrons. The number of rotatable bonds is 10. The summed E-state index contributed by atoms with van der Waals surface area (Å²) in [5, 5.41) is 15.4. The average Bonchev–Trinajstić information content (AvgIpc) is 3.52. The van der Waals surface area contributed by atoms with Crippen LogP contribution >= 0.6 is 0 Å². The second-order valence-electron chi connectivity index (χ2n) is 8.17. The van der Waals surface area contributed by atoms with Crippen LogP contribution in [0.1, 0.15) is 60.5 Å². The predicted octanol–water partition coefficient (Wildman–Crippen LogP) is 4.09. The number of nitrogens with zero attached hydrogens (tertiary/aromatic N) is 3. The Morgan fingerprint density at radius 3 is 2.65 bits per heavy atom. The maximum atomic E-state index is 12.7. The smallest absolute Gasteiger partial charge is 0.309 e. The number of aromatic nitrogens is 4. The van der Waals surface area contributed by atoms with Crippen molar-refractivity contribution in [1.29, 1.82) is 0 Å². The second-order valence-corrected chi connectivity index (χ2v) is 8.17. The Morgan fingerprint density at radius 2 is 1.88 bits per heavy atom. The van der Waals surface area contributed by atoms with E-state index in [0.717, 1.165) is 35.9 Å². The van der Waals surface area contributed by atoms with Gasteiger partial charge in [-0.2, -0.15) is 0 Å². The third-order valence-electron chi connectivity index (χ3n) is 5.69. The normalized spacial score (nSPS) is 11.9. The zero-order chi connectivity index (χ0) is 23.9. The van der Waals surface area contributed by atoms with Gasteiger partial charge in [-0.1, -0.05) is 49.2 Å². The molecule has 1 atom stereocenters. The van der Waals surface area contributed by atoms with E-state index in [9.17, 15) is 9.59 Å². The fourth-order valence-electron chi connectivity index (χ4n) is 3.84. The Hall–Kier alpha value is -4.01. The highest BCUT2D eigenvalue weighted by Crippen LogP contribution is 2.26. The Kier molecular flexibility index (Phi) is 7.31. The lowest BCUT2D eigenvalue weighted by molar-refractivity contribution is -0.120. The van der Waals surface area contributed by atoms with E-state index < -0.39 is 5.91 Å². The molecule has 0 fully saturated rings. The summed E-state index contributed by atoms with van der Waals surface area (Å²) in [5.41, 5.74) is 1.88. The largest absolute Gasteiger partial charge is 0.417 e. The molecule has 2 amide bonds. The summed E-state index contributed by atoms with van der Waals surface area (Å²) in [6.45, 7) is 1.64. The van der Waals surface area contributed by atoms with Gasteiger partial charge in [0.2, 0.25) is 11.8 Å². The number of H-pyrrole nitrogens is 1. The molecule has 0 spiro atoms. The number of unbranched alkanes of at least 4 members (excludes halogenated alkanes) is 2. The minimum atomic E-state index is -0.445. The first-order valence-electron chi connectivity index (χ1n) is 11.4. The molecule has 4 rings (SSSR count). The molecule has 0 unspecified atom stereocenters. The van der Waals surface area contributed by atoms with Crippen LogP contribution in [0.2, 0.25) is 0 Å². The molecule has 0 aliphatic heterocycles. The van der Waals surface area contributed by atoms with Crippen LogP contribution in [0.3, 0.4) is 0 Å². The summed E-state index contributed by atoms with van der Waals surface area (Å²) in [6, 6.07) is 14.1. The van der Waals surface area contributed by atoms with Gasteiger partial charge in [0.1, 0.15) is 5.82 Å². The predicted molar refractivity (Wildman–Crippen MR) is 128 cm³/mol. The molecule has 0 aliphatic rings. The molecule has 2 heterocycles. The number of amides is 2. The molecule has 0 bridgehead atoms. The highest BCUT2D eigenvalue weighted by molar-refractivity contribution is 5.89. The second kappa shape index (κ2) is 10.7. The minimum Gasteiger partial charge on any atom is -0.417 e. The first kappa shape index (κ1) is 23.2. The van der Waals surface area contributed by atoms with Crippen LogP contribution in [0.5, 0.6) is 0 Å². The van der Waals surface area contributed by atoms with Gasteiger partial charge < -0.3 is 20.0 Å². The van der Waals surface area contributed by atoms with Gasteiger partial charge in [0, 0.05) is 26.0 Å². The standard InChI is InChI=1S/C25H28N6O3/c1-16-30-31-25(34-16)24(33)29-20(10-4-3-5-11-22(32)26-2)23-27-15-21(28-23)19-13-12-17-8-6-7-9-18(17)14-19/h6-9,12-15,20H,3-5,10-11H2,1-2H3,(H,26,32)(H,27,28)(H,29,33)/t20-/m1/s1. The Morgan fingerprint density at radius 1 is 1.06 bits per heavy atom. The van der Waals surface area contributed by atoms with Gasteiger partial charge in [-0.25, -0.2) is 4.98 Å². The number of hydrogen-bond donors (Lipinski definition) is 3. The summed E-state index contributed by atoms with van der Waals surface area (Å²) in [5.74, 6) is 0.484. The van der Waals surface area contributed by atoms with Crippen molar-refractivity contribution in [1.82, 2.24) is 30.8 Å². The maximum Gasteiger partial charge on any atom is 0.309 e. The average molecular weight is 461 g/mol. The Balaban J connectivity index is 1.49. The van der Waals surface area contributed by atoms with Crippen molar-refractivity contribution in [3.05, 3.63) is 66.3 Å². The van der Waals surface area contributed by atoms with Gasteiger partial charge in [0.25, 0.3) is 0 Å². The van der Waals surface area contributed by atoms with Crippen molar-refractivity contribution in [2.24, 2.45) is 0 Å². The molecule has 4 aromatic rings. The van der Waals surface area contributed by atoms with E-state index in [-0.39, 0.29) is 17.8 Å². The van der Waals surface area contributed by atoms with Gasteiger partial charge in [-0.05, 0) is 29.7 Å². The van der Waals surface area contributed by atoms with Gasteiger partial charge in [0.05, 0.1) is 17.9 Å². The number of carbonyl (C=O) groups is 2. The van der Waals surface area contributed by atoms with Crippen molar-refractivity contribution in [3.63, 3.8) is 0 Å². The van der Waals surface area contributed by atoms with E-state index in [2.05, 4.69) is 55.1 Å². The van der Waals surface area contributed by atoms with Gasteiger partial charge in [0.15, 0.2) is 0 Å². The van der Waals surface area contributed by atoms with Gasteiger partial charge >= 0.3 is 11.8 Å². The highest BCUT2D eigenvalue weighted by atomic mass is 16.4. The first-order chi connectivity index (χ1) is 16.5. The van der Waals surface area contributed by atoms with Crippen LogP contribution in [0.25, 0.3) is 22.0 Å². The number of aryl methyl sites for hydroxylation is 1. The lowest BCUT2D eigenvalue weighted by Gasteiger charge is -2.15. The fraction of sp³-hybridized carbons (Fsp3) is 0.320. The summed E-state index contributed by atoms with van der Waals surface area (Å²) in [6.07, 6.45) is 5.37. The summed E-state index contributed by atoms with van der Waals surface area (Å²) >= 11 is 0. The number of imidazole rings is 1. The summed E-state index contributed by atoms with van der Waals surface area (Å²) in [4.78, 5) is 32.1. The van der Waals surface area contributed by atoms with E-state index in [0.29, 0.717) is 24.6 Å². The first-order valence-corrected chi connectivity index (χ1v) is 11.4. The highest BCUT2D eigenvalue weighted by Gasteiger charge is 2.22. The van der Waals surface area contributed by atoms with Crippen LogP contribution in [-0.4, -0.2) is 39.0 Å². The van der Waals surface area contributed by atoms with E-state index in [1.807, 2.05) is 18.2 Å². The van der Waals surface area contributed by atoms with Crippen molar-refractivity contribution < 1.29 is 14.0 Å². The maximum absolute atomic E-state index is 12.7. The van der Waals surface area contributed by atoms with Crippen LogP contribution in [0.15, 0.2) is 53.1 Å². The number of nitrogens with one attached hydrogen (secondary N) is 3. The molecule has 3 N–H and O–H groups in total. The molecule has 9 heteroatoms. The molecule has 0 aliphatic carbocycles. The number of hydrogen-bond acceptors (Lipinski definition) is 6. The molecule has 176 valence electrons. The minimum absolute atomic E-state index is 0.0303. The number of carbonyl (C=O) groups excluding carboxylic acids is 2. The number of fused-ring (bicyclic) bond motifs is 1. The lowest BCUT2D eigenvalue weighted by Crippen LogP contribution is -2.29. The third kappa shape index (κ3) is 5.67. The van der Waals surface area contributed by atoms with E-state index in [4.69, 9.17) is 4.42 Å². The fourth-order valence-corrected chi connectivity index (χ4v) is 3.84. The zero-order valence-corrected chi connectivity index (χ0v) is 19.3. The Bertz CT molecular complexity index is 1280. The molecule has 2 aromatic carbocycles. The van der Waals surface area contributed by atoms with Crippen LogP contribution in [-0.2, 0) is 4.79 Å². The third-order valence-corrected chi connectivity index (χ3v) is 5.69. The van der Waals surface area contributed by atoms with E-state index in [1.54, 1.807) is 20.2 Å². The van der Waals surface area contributed by atoms with Gasteiger partial charge in [-0.15, -0.1) is 10.2 Å². The number of aromatic amines is 1.